The number of allylic oxidation sites excluding steroid dienone is 3. The van der Waals surface area contributed by atoms with Crippen LogP contribution in [0, 0.1) is 17.3 Å². The number of aliphatic hydroxyl groups excluding tert-OH is 1. The second-order valence-corrected chi connectivity index (χ2v) is 5.32. The molecule has 5 nitrogen and oxygen atoms in total. The summed E-state index contributed by atoms with van der Waals surface area (Å²) in [5.74, 6) is -0.561. The third kappa shape index (κ3) is 1.51. The van der Waals surface area contributed by atoms with Crippen LogP contribution in [0.2, 0.25) is 0 Å². The molecule has 1 heterocycles. The molecule has 2 aliphatic carbocycles. The first kappa shape index (κ1) is 12.4. The summed E-state index contributed by atoms with van der Waals surface area (Å²) in [6.45, 7) is -0.197. The minimum Gasteiger partial charge on any atom is -0.497 e. The number of ether oxygens (including phenoxy) is 2. The van der Waals surface area contributed by atoms with Gasteiger partial charge in [-0.05, 0) is 12.3 Å². The normalized spacial score (nSPS) is 40.3. The summed E-state index contributed by atoms with van der Waals surface area (Å²) >= 11 is 0. The Morgan fingerprint density at radius 1 is 1.53 bits per heavy atom. The van der Waals surface area contributed by atoms with Crippen LogP contribution in [-0.4, -0.2) is 36.7 Å². The monoisotopic (exact) mass is 264 g/mol. The van der Waals surface area contributed by atoms with Crippen LogP contribution < -0.4 is 0 Å². The van der Waals surface area contributed by atoms with Gasteiger partial charge in [0.05, 0.1) is 25.6 Å². The van der Waals surface area contributed by atoms with Crippen molar-refractivity contribution < 1.29 is 24.2 Å². The topological polar surface area (TPSA) is 72.8 Å². The Balaban J connectivity index is 2.17. The molecule has 0 aromatic rings. The van der Waals surface area contributed by atoms with E-state index in [9.17, 15) is 14.7 Å². The predicted octanol–water partition coefficient (Wildman–Crippen LogP) is 0.586. The molecule has 3 aliphatic rings. The van der Waals surface area contributed by atoms with E-state index < -0.39 is 11.5 Å². The highest BCUT2D eigenvalue weighted by Crippen LogP contribution is 2.54. The smallest absolute Gasteiger partial charge is 0.307 e. The van der Waals surface area contributed by atoms with Gasteiger partial charge in [0.15, 0.2) is 11.9 Å². The van der Waals surface area contributed by atoms with E-state index in [1.165, 1.54) is 13.2 Å². The molecule has 3 rings (SSSR count). The molecule has 19 heavy (non-hydrogen) atoms. The predicted molar refractivity (Wildman–Crippen MR) is 64.9 cm³/mol. The van der Waals surface area contributed by atoms with Crippen molar-refractivity contribution in [2.24, 2.45) is 17.3 Å². The van der Waals surface area contributed by atoms with E-state index >= 15 is 0 Å². The first-order valence-electron chi connectivity index (χ1n) is 6.40. The van der Waals surface area contributed by atoms with Crippen molar-refractivity contribution in [2.45, 2.75) is 18.9 Å². The van der Waals surface area contributed by atoms with Gasteiger partial charge in [0.1, 0.15) is 5.76 Å². The van der Waals surface area contributed by atoms with Crippen LogP contribution in [0.1, 0.15) is 12.8 Å². The lowest BCUT2D eigenvalue weighted by Crippen LogP contribution is -2.60. The minimum atomic E-state index is -0.764. The number of carbonyl (C=O) groups excluding carboxylic acids is 2. The van der Waals surface area contributed by atoms with E-state index in [1.807, 2.05) is 12.2 Å². The van der Waals surface area contributed by atoms with Gasteiger partial charge >= 0.3 is 5.97 Å². The highest BCUT2D eigenvalue weighted by atomic mass is 16.6. The van der Waals surface area contributed by atoms with E-state index in [-0.39, 0.29) is 36.6 Å². The molecule has 4 atom stereocenters. The molecule has 102 valence electrons. The zero-order valence-corrected chi connectivity index (χ0v) is 10.7. The lowest BCUT2D eigenvalue weighted by Gasteiger charge is -2.53. The van der Waals surface area contributed by atoms with Crippen LogP contribution in [0.3, 0.4) is 0 Å². The first-order chi connectivity index (χ1) is 9.13. The lowest BCUT2D eigenvalue weighted by atomic mass is 9.54. The molecule has 0 amide bonds. The van der Waals surface area contributed by atoms with Crippen molar-refractivity contribution in [1.29, 1.82) is 0 Å². The van der Waals surface area contributed by atoms with Gasteiger partial charge in [0, 0.05) is 12.0 Å². The van der Waals surface area contributed by atoms with E-state index in [2.05, 4.69) is 0 Å². The summed E-state index contributed by atoms with van der Waals surface area (Å²) in [6.07, 6.45) is 5.35. The Morgan fingerprint density at radius 3 is 3.00 bits per heavy atom. The van der Waals surface area contributed by atoms with Crippen molar-refractivity contribution in [1.82, 2.24) is 0 Å². The summed E-state index contributed by atoms with van der Waals surface area (Å²) in [5.41, 5.74) is -0.764. The average Bonchev–Trinajstić information content (AvgIpc) is 2.42. The highest BCUT2D eigenvalue weighted by molar-refractivity contribution is 5.95. The van der Waals surface area contributed by atoms with E-state index in [4.69, 9.17) is 9.47 Å². The summed E-state index contributed by atoms with van der Waals surface area (Å²) in [6, 6.07) is 0. The molecule has 1 fully saturated rings. The van der Waals surface area contributed by atoms with Crippen LogP contribution in [0.5, 0.6) is 0 Å². The van der Waals surface area contributed by atoms with Crippen molar-refractivity contribution in [3.63, 3.8) is 0 Å². The Morgan fingerprint density at radius 2 is 2.32 bits per heavy atom. The van der Waals surface area contributed by atoms with Crippen LogP contribution >= 0.6 is 0 Å². The molecule has 1 aliphatic heterocycles. The van der Waals surface area contributed by atoms with Gasteiger partial charge in [-0.3, -0.25) is 9.59 Å². The Bertz CT molecular complexity index is 492. The zero-order valence-electron chi connectivity index (χ0n) is 10.7. The molecule has 0 radical (unpaired) electrons. The Hall–Kier alpha value is -1.62. The number of hydrogen-bond acceptors (Lipinski definition) is 5. The standard InChI is InChI=1S/C14H16O5/c1-18-11-6-10(16)9-4-2-3-8-5-12(17)19-13(11)14(8,9)7-15/h2-3,6,8-9,13,15H,4-5,7H2,1H3. The summed E-state index contributed by atoms with van der Waals surface area (Å²) in [7, 11) is 1.45. The molecular weight excluding hydrogens is 248 g/mol. The number of ketones is 1. The van der Waals surface area contributed by atoms with Gasteiger partial charge in [0.25, 0.3) is 0 Å². The van der Waals surface area contributed by atoms with Crippen LogP contribution in [0.25, 0.3) is 0 Å². The summed E-state index contributed by atoms with van der Waals surface area (Å²) in [5, 5.41) is 9.94. The number of methoxy groups -OCH3 is 1. The third-order valence-corrected chi connectivity index (χ3v) is 4.60. The fraction of sp³-hybridized carbons (Fsp3) is 0.571. The fourth-order valence-corrected chi connectivity index (χ4v) is 3.64. The molecule has 5 heteroatoms. The number of carbonyl (C=O) groups is 2. The molecule has 1 N–H and O–H groups in total. The Labute approximate surface area is 110 Å². The average molecular weight is 264 g/mol. The van der Waals surface area contributed by atoms with Crippen molar-refractivity contribution in [3.8, 4) is 0 Å². The SMILES string of the molecule is COC1=CC(=O)C2CC=CC3CC(=O)OC1C32CO. The van der Waals surface area contributed by atoms with Crippen LogP contribution in [0.4, 0.5) is 0 Å². The molecule has 1 saturated heterocycles. The van der Waals surface area contributed by atoms with Gasteiger partial charge in [0.2, 0.25) is 0 Å². The maximum absolute atomic E-state index is 12.2. The molecule has 0 spiro atoms. The number of rotatable bonds is 2. The van der Waals surface area contributed by atoms with Crippen LogP contribution in [-0.2, 0) is 19.1 Å². The number of aliphatic hydroxyl groups is 1. The zero-order chi connectivity index (χ0) is 13.6. The maximum atomic E-state index is 12.2. The van der Waals surface area contributed by atoms with Crippen molar-refractivity contribution in [3.05, 3.63) is 24.0 Å². The van der Waals surface area contributed by atoms with E-state index in [1.54, 1.807) is 0 Å². The van der Waals surface area contributed by atoms with E-state index in [0.717, 1.165) is 0 Å². The van der Waals surface area contributed by atoms with Gasteiger partial charge in [-0.2, -0.15) is 0 Å². The summed E-state index contributed by atoms with van der Waals surface area (Å²) < 4.78 is 10.6. The fourth-order valence-electron chi connectivity index (χ4n) is 3.64. The highest BCUT2D eigenvalue weighted by Gasteiger charge is 2.61. The van der Waals surface area contributed by atoms with Gasteiger partial charge < -0.3 is 14.6 Å². The Kier molecular flexibility index (Phi) is 2.74. The van der Waals surface area contributed by atoms with Crippen molar-refractivity contribution >= 4 is 11.8 Å². The third-order valence-electron chi connectivity index (χ3n) is 4.60. The largest absolute Gasteiger partial charge is 0.497 e. The molecule has 0 aromatic carbocycles. The first-order valence-corrected chi connectivity index (χ1v) is 6.40. The number of esters is 1. The second-order valence-electron chi connectivity index (χ2n) is 5.32. The van der Waals surface area contributed by atoms with Gasteiger partial charge in [-0.1, -0.05) is 12.2 Å². The molecule has 0 bridgehead atoms. The van der Waals surface area contributed by atoms with Gasteiger partial charge in [-0.15, -0.1) is 0 Å². The quantitative estimate of drug-likeness (QED) is 0.583. The summed E-state index contributed by atoms with van der Waals surface area (Å²) in [4.78, 5) is 23.9. The molecular formula is C14H16O5. The number of hydrogen-bond donors (Lipinski definition) is 1. The van der Waals surface area contributed by atoms with Crippen LogP contribution in [0.15, 0.2) is 24.0 Å². The minimum absolute atomic E-state index is 0.0607. The second kappa shape index (κ2) is 4.20. The maximum Gasteiger partial charge on any atom is 0.307 e. The van der Waals surface area contributed by atoms with Crippen molar-refractivity contribution in [2.75, 3.05) is 13.7 Å². The molecule has 4 unspecified atom stereocenters. The molecule has 0 aromatic heterocycles. The lowest BCUT2D eigenvalue weighted by molar-refractivity contribution is -0.190. The van der Waals surface area contributed by atoms with E-state index in [0.29, 0.717) is 12.2 Å². The van der Waals surface area contributed by atoms with Gasteiger partial charge in [-0.25, -0.2) is 0 Å². The molecule has 0 saturated carbocycles.